The van der Waals surface area contributed by atoms with E-state index in [9.17, 15) is 5.11 Å². The zero-order valence-corrected chi connectivity index (χ0v) is 13.6. The van der Waals surface area contributed by atoms with Gasteiger partial charge in [-0.05, 0) is 50.8 Å². The van der Waals surface area contributed by atoms with Crippen molar-refractivity contribution in [3.63, 3.8) is 0 Å². The van der Waals surface area contributed by atoms with Gasteiger partial charge in [0.25, 0.3) is 0 Å². The van der Waals surface area contributed by atoms with Gasteiger partial charge >= 0.3 is 0 Å². The van der Waals surface area contributed by atoms with Gasteiger partial charge in [0.15, 0.2) is 0 Å². The molecule has 0 aromatic carbocycles. The van der Waals surface area contributed by atoms with Crippen LogP contribution in [0.25, 0.3) is 0 Å². The van der Waals surface area contributed by atoms with Gasteiger partial charge in [-0.15, -0.1) is 11.3 Å². The lowest BCUT2D eigenvalue weighted by Gasteiger charge is -2.09. The molecule has 110 valence electrons. The van der Waals surface area contributed by atoms with E-state index >= 15 is 0 Å². The van der Waals surface area contributed by atoms with Crippen LogP contribution in [0.2, 0.25) is 0 Å². The number of aliphatic hydroxyl groups excluding tert-OH is 1. The Bertz CT molecular complexity index is 571. The van der Waals surface area contributed by atoms with Crippen molar-refractivity contribution in [2.24, 2.45) is 7.05 Å². The van der Waals surface area contributed by atoms with Crippen molar-refractivity contribution in [2.75, 3.05) is 0 Å². The monoisotopic (exact) mass is 292 g/mol. The Hall–Kier alpha value is -1.13. The number of nitrogens with zero attached hydrogens (tertiary/aromatic N) is 2. The third kappa shape index (κ3) is 3.49. The van der Waals surface area contributed by atoms with E-state index in [2.05, 4.69) is 31.1 Å². The van der Waals surface area contributed by atoms with Crippen LogP contribution >= 0.6 is 11.3 Å². The number of thiophene rings is 1. The normalized spacial score (nSPS) is 12.8. The summed E-state index contributed by atoms with van der Waals surface area (Å²) in [5.41, 5.74) is 3.58. The molecule has 3 nitrogen and oxygen atoms in total. The van der Waals surface area contributed by atoms with Crippen LogP contribution in [0.15, 0.2) is 12.1 Å². The molecule has 1 atom stereocenters. The van der Waals surface area contributed by atoms with Crippen LogP contribution < -0.4 is 0 Å². The van der Waals surface area contributed by atoms with Crippen LogP contribution in [0.5, 0.6) is 0 Å². The summed E-state index contributed by atoms with van der Waals surface area (Å²) in [4.78, 5) is 2.68. The minimum Gasteiger partial charge on any atom is -0.393 e. The summed E-state index contributed by atoms with van der Waals surface area (Å²) in [6.45, 7) is 6.30. The van der Waals surface area contributed by atoms with Gasteiger partial charge in [0.2, 0.25) is 0 Å². The molecule has 0 saturated carbocycles. The smallest absolute Gasteiger partial charge is 0.0628 e. The second-order valence-corrected chi connectivity index (χ2v) is 6.64. The third-order valence-corrected chi connectivity index (χ3v) is 5.14. The standard InChI is InChI=1S/C16H24N2OS/c1-5-14-7-8-15(20-14)10-13(19)6-9-16-11(2)17-18(4)12(16)3/h7-8,13,19H,5-6,9-10H2,1-4H3. The molecule has 1 N–H and O–H groups in total. The fourth-order valence-corrected chi connectivity index (χ4v) is 3.58. The molecule has 0 fully saturated rings. The summed E-state index contributed by atoms with van der Waals surface area (Å²) >= 11 is 1.82. The highest BCUT2D eigenvalue weighted by molar-refractivity contribution is 7.11. The van der Waals surface area contributed by atoms with E-state index in [1.165, 1.54) is 21.0 Å². The van der Waals surface area contributed by atoms with Crippen molar-refractivity contribution in [1.29, 1.82) is 0 Å². The van der Waals surface area contributed by atoms with E-state index in [0.29, 0.717) is 0 Å². The molecule has 1 unspecified atom stereocenters. The molecule has 4 heteroatoms. The Morgan fingerprint density at radius 1 is 1.30 bits per heavy atom. The fourth-order valence-electron chi connectivity index (χ4n) is 2.55. The summed E-state index contributed by atoms with van der Waals surface area (Å²) in [6.07, 6.45) is 3.28. The van der Waals surface area contributed by atoms with Gasteiger partial charge in [0, 0.05) is 28.9 Å². The van der Waals surface area contributed by atoms with Crippen molar-refractivity contribution in [3.05, 3.63) is 38.8 Å². The van der Waals surface area contributed by atoms with Crippen LogP contribution in [0.1, 0.15) is 40.1 Å². The number of hydrogen-bond acceptors (Lipinski definition) is 3. The molecule has 2 aromatic rings. The molecule has 0 aliphatic heterocycles. The van der Waals surface area contributed by atoms with E-state index in [0.717, 1.165) is 31.4 Å². The molecule has 2 aromatic heterocycles. The Kier molecular flexibility index (Phi) is 5.00. The third-order valence-electron chi connectivity index (χ3n) is 3.89. The molecular formula is C16H24N2OS. The first-order valence-corrected chi connectivity index (χ1v) is 8.07. The van der Waals surface area contributed by atoms with Crippen LogP contribution in [0.4, 0.5) is 0 Å². The zero-order valence-electron chi connectivity index (χ0n) is 12.8. The minimum atomic E-state index is -0.266. The number of aryl methyl sites for hydroxylation is 3. The van der Waals surface area contributed by atoms with Gasteiger partial charge in [0.1, 0.15) is 0 Å². The predicted octanol–water partition coefficient (Wildman–Crippen LogP) is 3.20. The topological polar surface area (TPSA) is 38.1 Å². The van der Waals surface area contributed by atoms with Crippen molar-refractivity contribution in [2.45, 2.75) is 52.6 Å². The lowest BCUT2D eigenvalue weighted by atomic mass is 10.0. The van der Waals surface area contributed by atoms with Crippen molar-refractivity contribution in [1.82, 2.24) is 9.78 Å². The van der Waals surface area contributed by atoms with Crippen LogP contribution in [-0.4, -0.2) is 21.0 Å². The van der Waals surface area contributed by atoms with Gasteiger partial charge in [-0.1, -0.05) is 6.92 Å². The molecule has 0 amide bonds. The Morgan fingerprint density at radius 2 is 2.00 bits per heavy atom. The first-order chi connectivity index (χ1) is 9.51. The second kappa shape index (κ2) is 6.55. The summed E-state index contributed by atoms with van der Waals surface area (Å²) in [5, 5.41) is 14.6. The minimum absolute atomic E-state index is 0.266. The Morgan fingerprint density at radius 3 is 2.55 bits per heavy atom. The average Bonchev–Trinajstić information content (AvgIpc) is 2.94. The van der Waals surface area contributed by atoms with Gasteiger partial charge in [0.05, 0.1) is 11.8 Å². The first-order valence-electron chi connectivity index (χ1n) is 7.26. The maximum Gasteiger partial charge on any atom is 0.0628 e. The summed E-state index contributed by atoms with van der Waals surface area (Å²) in [6, 6.07) is 4.31. The maximum atomic E-state index is 10.2. The SMILES string of the molecule is CCc1ccc(CC(O)CCc2c(C)nn(C)c2C)s1. The maximum absolute atomic E-state index is 10.2. The predicted molar refractivity (Wildman–Crippen MR) is 84.4 cm³/mol. The number of aliphatic hydroxyl groups is 1. The van der Waals surface area contributed by atoms with E-state index < -0.39 is 0 Å². The van der Waals surface area contributed by atoms with Crippen molar-refractivity contribution < 1.29 is 5.11 Å². The van der Waals surface area contributed by atoms with Crippen LogP contribution in [0, 0.1) is 13.8 Å². The van der Waals surface area contributed by atoms with Gasteiger partial charge in [-0.3, -0.25) is 4.68 Å². The summed E-state index contributed by atoms with van der Waals surface area (Å²) < 4.78 is 1.92. The number of hydrogen-bond donors (Lipinski definition) is 1. The second-order valence-electron chi connectivity index (χ2n) is 5.39. The van der Waals surface area contributed by atoms with Gasteiger partial charge < -0.3 is 5.11 Å². The van der Waals surface area contributed by atoms with Gasteiger partial charge in [-0.2, -0.15) is 5.10 Å². The molecule has 0 aliphatic carbocycles. The number of aromatic nitrogens is 2. The molecule has 2 rings (SSSR count). The molecule has 0 aliphatic rings. The fraction of sp³-hybridized carbons (Fsp3) is 0.562. The zero-order chi connectivity index (χ0) is 14.7. The molecule has 0 spiro atoms. The molecule has 20 heavy (non-hydrogen) atoms. The molecule has 2 heterocycles. The molecular weight excluding hydrogens is 268 g/mol. The Balaban J connectivity index is 1.90. The highest BCUT2D eigenvalue weighted by Crippen LogP contribution is 2.21. The summed E-state index contributed by atoms with van der Waals surface area (Å²) in [5.74, 6) is 0. The first kappa shape index (κ1) is 15.3. The average molecular weight is 292 g/mol. The lowest BCUT2D eigenvalue weighted by molar-refractivity contribution is 0.166. The largest absolute Gasteiger partial charge is 0.393 e. The number of rotatable bonds is 6. The van der Waals surface area contributed by atoms with E-state index in [1.54, 1.807) is 0 Å². The quantitative estimate of drug-likeness (QED) is 0.888. The van der Waals surface area contributed by atoms with Crippen molar-refractivity contribution in [3.8, 4) is 0 Å². The van der Waals surface area contributed by atoms with Crippen molar-refractivity contribution >= 4 is 11.3 Å². The molecule has 0 radical (unpaired) electrons. The highest BCUT2D eigenvalue weighted by Gasteiger charge is 2.13. The van der Waals surface area contributed by atoms with E-state index in [4.69, 9.17) is 0 Å². The van der Waals surface area contributed by atoms with Crippen LogP contribution in [-0.2, 0) is 26.3 Å². The van der Waals surface area contributed by atoms with E-state index in [-0.39, 0.29) is 6.10 Å². The van der Waals surface area contributed by atoms with E-state index in [1.807, 2.05) is 30.0 Å². The lowest BCUT2D eigenvalue weighted by Crippen LogP contribution is -2.11. The molecule has 0 bridgehead atoms. The molecule has 0 saturated heterocycles. The van der Waals surface area contributed by atoms with Crippen LogP contribution in [0.3, 0.4) is 0 Å². The highest BCUT2D eigenvalue weighted by atomic mass is 32.1. The Labute approximate surface area is 125 Å². The summed E-state index contributed by atoms with van der Waals surface area (Å²) in [7, 11) is 1.97. The van der Waals surface area contributed by atoms with Gasteiger partial charge in [-0.25, -0.2) is 0 Å².